The van der Waals surface area contributed by atoms with E-state index in [2.05, 4.69) is 5.32 Å². The second kappa shape index (κ2) is 6.90. The van der Waals surface area contributed by atoms with Crippen LogP contribution in [-0.4, -0.2) is 35.8 Å². The van der Waals surface area contributed by atoms with Gasteiger partial charge in [0.25, 0.3) is 5.91 Å². The van der Waals surface area contributed by atoms with Gasteiger partial charge >= 0.3 is 0 Å². The van der Waals surface area contributed by atoms with Gasteiger partial charge in [-0.05, 0) is 52.2 Å². The maximum absolute atomic E-state index is 13.0. The van der Waals surface area contributed by atoms with Crippen LogP contribution in [0.15, 0.2) is 22.6 Å². The summed E-state index contributed by atoms with van der Waals surface area (Å²) in [7, 11) is 0. The average Bonchev–Trinajstić information content (AvgIpc) is 2.89. The minimum Gasteiger partial charge on any atom is -0.451 e. The van der Waals surface area contributed by atoms with Gasteiger partial charge in [-0.25, -0.2) is 0 Å². The van der Waals surface area contributed by atoms with Gasteiger partial charge in [0.1, 0.15) is 5.58 Å². The molecule has 1 aromatic carbocycles. The third-order valence-electron chi connectivity index (χ3n) is 4.80. The summed E-state index contributed by atoms with van der Waals surface area (Å²) >= 11 is 0. The molecule has 1 aromatic heterocycles. The number of benzene rings is 1. The number of furan rings is 1. The fourth-order valence-corrected chi connectivity index (χ4v) is 3.46. The van der Waals surface area contributed by atoms with E-state index in [9.17, 15) is 9.59 Å². The fraction of sp³-hybridized carbons (Fsp3) is 0.500. The Kier molecular flexibility index (Phi) is 4.84. The van der Waals surface area contributed by atoms with Crippen LogP contribution >= 0.6 is 0 Å². The predicted molar refractivity (Wildman–Crippen MR) is 97.6 cm³/mol. The molecule has 2 aromatic rings. The first-order valence-electron chi connectivity index (χ1n) is 8.96. The highest BCUT2D eigenvalue weighted by molar-refractivity contribution is 5.99. The summed E-state index contributed by atoms with van der Waals surface area (Å²) in [5.41, 5.74) is 2.71. The van der Waals surface area contributed by atoms with E-state index in [0.717, 1.165) is 34.9 Å². The number of aryl methyl sites for hydroxylation is 2. The van der Waals surface area contributed by atoms with Gasteiger partial charge in [0.05, 0.1) is 5.92 Å². The molecule has 0 aliphatic carbocycles. The number of fused-ring (bicyclic) bond motifs is 1. The summed E-state index contributed by atoms with van der Waals surface area (Å²) < 4.78 is 5.86. The molecule has 1 atom stereocenters. The Bertz CT molecular complexity index is 807. The van der Waals surface area contributed by atoms with Crippen LogP contribution in [0.5, 0.6) is 0 Å². The molecule has 0 radical (unpaired) electrons. The second-order valence-corrected chi connectivity index (χ2v) is 7.31. The molecule has 1 aliphatic rings. The molecule has 0 bridgehead atoms. The number of amides is 2. The lowest BCUT2D eigenvalue weighted by atomic mass is 9.96. The lowest BCUT2D eigenvalue weighted by Gasteiger charge is -2.32. The molecule has 1 unspecified atom stereocenters. The van der Waals surface area contributed by atoms with Gasteiger partial charge in [-0.1, -0.05) is 12.1 Å². The van der Waals surface area contributed by atoms with Crippen molar-refractivity contribution in [3.8, 4) is 0 Å². The van der Waals surface area contributed by atoms with E-state index in [-0.39, 0.29) is 23.8 Å². The Balaban J connectivity index is 1.81. The molecule has 1 aliphatic heterocycles. The van der Waals surface area contributed by atoms with E-state index in [0.29, 0.717) is 18.8 Å². The molecule has 5 nitrogen and oxygen atoms in total. The minimum absolute atomic E-state index is 0.0319. The molecular weight excluding hydrogens is 316 g/mol. The highest BCUT2D eigenvalue weighted by atomic mass is 16.3. The standard InChI is InChI=1S/C20H26N2O3/c1-12(2)21-19(23)15-6-5-9-22(11-15)20(24)18-14(4)16-8-7-13(3)10-17(16)25-18/h7-8,10,12,15H,5-6,9,11H2,1-4H3,(H,21,23). The lowest BCUT2D eigenvalue weighted by Crippen LogP contribution is -2.46. The molecule has 3 rings (SSSR count). The molecule has 2 amide bonds. The smallest absolute Gasteiger partial charge is 0.289 e. The van der Waals surface area contributed by atoms with E-state index in [1.807, 2.05) is 45.9 Å². The summed E-state index contributed by atoms with van der Waals surface area (Å²) in [6, 6.07) is 6.08. The molecule has 1 saturated heterocycles. The highest BCUT2D eigenvalue weighted by Crippen LogP contribution is 2.28. The largest absolute Gasteiger partial charge is 0.451 e. The van der Waals surface area contributed by atoms with Crippen LogP contribution in [0.25, 0.3) is 11.0 Å². The topological polar surface area (TPSA) is 62.6 Å². The molecular formula is C20H26N2O3. The second-order valence-electron chi connectivity index (χ2n) is 7.31. The van der Waals surface area contributed by atoms with Crippen LogP contribution in [0.2, 0.25) is 0 Å². The Labute approximate surface area is 148 Å². The van der Waals surface area contributed by atoms with Crippen molar-refractivity contribution in [2.45, 2.75) is 46.6 Å². The summed E-state index contributed by atoms with van der Waals surface area (Å²) in [5, 5.41) is 3.92. The third-order valence-corrected chi connectivity index (χ3v) is 4.80. The average molecular weight is 342 g/mol. The number of nitrogens with one attached hydrogen (secondary N) is 1. The van der Waals surface area contributed by atoms with Crippen LogP contribution in [0.1, 0.15) is 48.4 Å². The monoisotopic (exact) mass is 342 g/mol. The number of hydrogen-bond donors (Lipinski definition) is 1. The number of nitrogens with zero attached hydrogens (tertiary/aromatic N) is 1. The van der Waals surface area contributed by atoms with Crippen molar-refractivity contribution in [1.29, 1.82) is 0 Å². The maximum atomic E-state index is 13.0. The predicted octanol–water partition coefficient (Wildman–Crippen LogP) is 3.43. The molecule has 0 saturated carbocycles. The van der Waals surface area contributed by atoms with Crippen molar-refractivity contribution in [1.82, 2.24) is 10.2 Å². The van der Waals surface area contributed by atoms with Crippen LogP contribution in [0.4, 0.5) is 0 Å². The van der Waals surface area contributed by atoms with Gasteiger partial charge in [-0.15, -0.1) is 0 Å². The fourth-order valence-electron chi connectivity index (χ4n) is 3.46. The van der Waals surface area contributed by atoms with Crippen molar-refractivity contribution >= 4 is 22.8 Å². The number of piperidine rings is 1. The summed E-state index contributed by atoms with van der Waals surface area (Å²) in [5.74, 6) is 0.162. The van der Waals surface area contributed by atoms with Crippen LogP contribution < -0.4 is 5.32 Å². The molecule has 25 heavy (non-hydrogen) atoms. The van der Waals surface area contributed by atoms with E-state index in [1.54, 1.807) is 4.90 Å². The normalized spacial score (nSPS) is 18.0. The SMILES string of the molecule is Cc1ccc2c(C)c(C(=O)N3CCCC(C(=O)NC(C)C)C3)oc2c1. The minimum atomic E-state index is -0.146. The number of carbonyl (C=O) groups is 2. The Morgan fingerprint density at radius 2 is 2.04 bits per heavy atom. The van der Waals surface area contributed by atoms with E-state index in [1.165, 1.54) is 0 Å². The quantitative estimate of drug-likeness (QED) is 0.929. The third kappa shape index (κ3) is 3.55. The van der Waals surface area contributed by atoms with Crippen molar-refractivity contribution in [2.24, 2.45) is 5.92 Å². The maximum Gasteiger partial charge on any atom is 0.289 e. The summed E-state index contributed by atoms with van der Waals surface area (Å²) in [6.45, 7) is 8.93. The van der Waals surface area contributed by atoms with Crippen LogP contribution in [0, 0.1) is 19.8 Å². The first-order valence-corrected chi connectivity index (χ1v) is 8.96. The number of rotatable bonds is 3. The Morgan fingerprint density at radius 1 is 1.28 bits per heavy atom. The first-order chi connectivity index (χ1) is 11.9. The van der Waals surface area contributed by atoms with Gasteiger partial charge in [-0.2, -0.15) is 0 Å². The van der Waals surface area contributed by atoms with Gasteiger partial charge in [-0.3, -0.25) is 9.59 Å². The molecule has 1 fully saturated rings. The zero-order valence-electron chi connectivity index (χ0n) is 15.4. The zero-order chi connectivity index (χ0) is 18.1. The summed E-state index contributed by atoms with van der Waals surface area (Å²) in [6.07, 6.45) is 1.65. The zero-order valence-corrected chi connectivity index (χ0v) is 15.4. The Hall–Kier alpha value is -2.30. The van der Waals surface area contributed by atoms with E-state index in [4.69, 9.17) is 4.42 Å². The lowest BCUT2D eigenvalue weighted by molar-refractivity contribution is -0.126. The summed E-state index contributed by atoms with van der Waals surface area (Å²) in [4.78, 5) is 27.0. The van der Waals surface area contributed by atoms with Crippen molar-refractivity contribution in [3.63, 3.8) is 0 Å². The molecule has 0 spiro atoms. The first kappa shape index (κ1) is 17.5. The number of hydrogen-bond acceptors (Lipinski definition) is 3. The van der Waals surface area contributed by atoms with Crippen LogP contribution in [0.3, 0.4) is 0 Å². The van der Waals surface area contributed by atoms with Crippen molar-refractivity contribution in [3.05, 3.63) is 35.1 Å². The van der Waals surface area contributed by atoms with Crippen molar-refractivity contribution < 1.29 is 14.0 Å². The Morgan fingerprint density at radius 3 is 2.76 bits per heavy atom. The number of carbonyl (C=O) groups excluding carboxylic acids is 2. The van der Waals surface area contributed by atoms with Crippen molar-refractivity contribution in [2.75, 3.05) is 13.1 Å². The van der Waals surface area contributed by atoms with Crippen LogP contribution in [-0.2, 0) is 4.79 Å². The molecule has 5 heteroatoms. The van der Waals surface area contributed by atoms with Gasteiger partial charge in [0, 0.05) is 30.1 Å². The number of likely N-dealkylation sites (tertiary alicyclic amines) is 1. The molecule has 1 N–H and O–H groups in total. The molecule has 2 heterocycles. The van der Waals surface area contributed by atoms with E-state index < -0.39 is 0 Å². The van der Waals surface area contributed by atoms with Gasteiger partial charge < -0.3 is 14.6 Å². The van der Waals surface area contributed by atoms with Gasteiger partial charge in [0.15, 0.2) is 5.76 Å². The van der Waals surface area contributed by atoms with Gasteiger partial charge in [0.2, 0.25) is 5.91 Å². The molecule has 134 valence electrons. The van der Waals surface area contributed by atoms with E-state index >= 15 is 0 Å². The highest BCUT2D eigenvalue weighted by Gasteiger charge is 2.31.